The van der Waals surface area contributed by atoms with Crippen LogP contribution in [0.25, 0.3) is 0 Å². The summed E-state index contributed by atoms with van der Waals surface area (Å²) < 4.78 is 11.3. The summed E-state index contributed by atoms with van der Waals surface area (Å²) in [7, 11) is 0. The van der Waals surface area contributed by atoms with Crippen molar-refractivity contribution in [2.24, 2.45) is 5.92 Å². The number of allylic oxidation sites excluding steroid dienone is 1. The number of epoxide rings is 1. The predicted molar refractivity (Wildman–Crippen MR) is 69.4 cm³/mol. The van der Waals surface area contributed by atoms with Gasteiger partial charge in [0, 0.05) is 11.5 Å². The van der Waals surface area contributed by atoms with Crippen LogP contribution in [0.1, 0.15) is 32.6 Å². The molecular weight excluding hydrogens is 244 g/mol. The summed E-state index contributed by atoms with van der Waals surface area (Å²) in [6, 6.07) is 0. The minimum atomic E-state index is -0.290. The number of aliphatic hydroxyl groups is 1. The van der Waals surface area contributed by atoms with E-state index in [2.05, 4.69) is 19.6 Å². The number of aliphatic hydroxyl groups excluding tert-OH is 1. The maximum Gasteiger partial charge on any atom is 0.334 e. The molecule has 4 atom stereocenters. The molecule has 0 aromatic rings. The molecule has 0 aromatic heterocycles. The number of hydrogen-bond donors (Lipinski definition) is 1. The van der Waals surface area contributed by atoms with Gasteiger partial charge in [-0.1, -0.05) is 12.7 Å². The zero-order valence-corrected chi connectivity index (χ0v) is 11.2. The van der Waals surface area contributed by atoms with E-state index < -0.39 is 0 Å². The van der Waals surface area contributed by atoms with Gasteiger partial charge in [-0.05, 0) is 38.2 Å². The molecule has 4 nitrogen and oxygen atoms in total. The average molecular weight is 264 g/mol. The van der Waals surface area contributed by atoms with Crippen molar-refractivity contribution in [1.29, 1.82) is 0 Å². The lowest BCUT2D eigenvalue weighted by Gasteiger charge is -2.19. The maximum absolute atomic E-state index is 11.7. The Labute approximate surface area is 113 Å². The van der Waals surface area contributed by atoms with Crippen LogP contribution in [-0.4, -0.2) is 35.5 Å². The van der Waals surface area contributed by atoms with E-state index in [1.54, 1.807) is 0 Å². The average Bonchev–Trinajstić information content (AvgIpc) is 2.97. The molecule has 0 saturated carbocycles. The van der Waals surface area contributed by atoms with E-state index in [1.165, 1.54) is 0 Å². The van der Waals surface area contributed by atoms with Crippen molar-refractivity contribution in [2.45, 2.75) is 50.4 Å². The first-order chi connectivity index (χ1) is 9.05. The summed E-state index contributed by atoms with van der Waals surface area (Å²) in [5.41, 5.74) is 1.40. The zero-order chi connectivity index (χ0) is 13.6. The summed E-state index contributed by atoms with van der Waals surface area (Å²) in [6.45, 7) is 6.01. The second-order valence-corrected chi connectivity index (χ2v) is 5.95. The highest BCUT2D eigenvalue weighted by molar-refractivity contribution is 5.91. The third kappa shape index (κ3) is 2.13. The Morgan fingerprint density at radius 3 is 3.11 bits per heavy atom. The van der Waals surface area contributed by atoms with Crippen molar-refractivity contribution in [3.05, 3.63) is 23.8 Å². The molecule has 3 rings (SSSR count). The summed E-state index contributed by atoms with van der Waals surface area (Å²) in [4.78, 5) is 11.7. The molecule has 1 aliphatic carbocycles. The van der Waals surface area contributed by atoms with E-state index in [0.29, 0.717) is 5.57 Å². The van der Waals surface area contributed by atoms with Crippen molar-refractivity contribution in [1.82, 2.24) is 0 Å². The van der Waals surface area contributed by atoms with Gasteiger partial charge in [-0.15, -0.1) is 0 Å². The Hall–Kier alpha value is -1.13. The van der Waals surface area contributed by atoms with E-state index in [1.807, 2.05) is 0 Å². The molecule has 0 radical (unpaired) electrons. The number of carbonyl (C=O) groups excluding carboxylic acids is 1. The smallest absolute Gasteiger partial charge is 0.334 e. The Morgan fingerprint density at radius 2 is 2.37 bits per heavy atom. The van der Waals surface area contributed by atoms with Crippen molar-refractivity contribution in [3.8, 4) is 0 Å². The fraction of sp³-hybridized carbons (Fsp3) is 0.667. The Balaban J connectivity index is 1.86. The number of rotatable bonds is 1. The highest BCUT2D eigenvalue weighted by Crippen LogP contribution is 2.49. The monoisotopic (exact) mass is 264 g/mol. The van der Waals surface area contributed by atoms with Crippen molar-refractivity contribution in [3.63, 3.8) is 0 Å². The summed E-state index contributed by atoms with van der Waals surface area (Å²) in [5, 5.41) is 9.35. The number of carbonyl (C=O) groups is 1. The van der Waals surface area contributed by atoms with Gasteiger partial charge in [0.15, 0.2) is 0 Å². The zero-order valence-electron chi connectivity index (χ0n) is 11.2. The lowest BCUT2D eigenvalue weighted by molar-refractivity contribution is -0.140. The van der Waals surface area contributed by atoms with Crippen molar-refractivity contribution >= 4 is 5.97 Å². The second kappa shape index (κ2) is 4.46. The van der Waals surface area contributed by atoms with Crippen LogP contribution in [-0.2, 0) is 14.3 Å². The maximum atomic E-state index is 11.7. The van der Waals surface area contributed by atoms with Crippen molar-refractivity contribution in [2.75, 3.05) is 6.61 Å². The molecule has 2 saturated heterocycles. The molecule has 4 heteroatoms. The Morgan fingerprint density at radius 1 is 1.58 bits per heavy atom. The molecule has 0 spiro atoms. The molecule has 2 heterocycles. The number of fused-ring (bicyclic) bond motifs is 3. The SMILES string of the molecule is C=C1C(=O)O[C@H]2C1CCC(CO)=CCC[C@@]1(C)OC21. The molecule has 0 amide bonds. The standard InChI is InChI=1S/C15H20O4/c1-9-11-6-5-10(8-16)4-3-7-15(2)13(19-15)12(11)18-14(9)17/h4,11-13,16H,1,3,5-8H2,2H3/t11?,12-,13?,15+/m0/s1. The van der Waals surface area contributed by atoms with Gasteiger partial charge in [-0.2, -0.15) is 0 Å². The van der Waals surface area contributed by atoms with Gasteiger partial charge in [-0.25, -0.2) is 4.79 Å². The quantitative estimate of drug-likeness (QED) is 0.339. The molecule has 1 N–H and O–H groups in total. The van der Waals surface area contributed by atoms with Gasteiger partial charge < -0.3 is 14.6 Å². The van der Waals surface area contributed by atoms with E-state index >= 15 is 0 Å². The van der Waals surface area contributed by atoms with Gasteiger partial charge in [0.05, 0.1) is 12.2 Å². The van der Waals surface area contributed by atoms with Crippen LogP contribution in [0.15, 0.2) is 23.8 Å². The molecule has 0 aromatic carbocycles. The van der Waals surface area contributed by atoms with E-state index in [0.717, 1.165) is 31.3 Å². The molecule has 0 bridgehead atoms. The van der Waals surface area contributed by atoms with Crippen LogP contribution in [0.2, 0.25) is 0 Å². The normalized spacial score (nSPS) is 42.0. The van der Waals surface area contributed by atoms with Crippen LogP contribution in [0.5, 0.6) is 0 Å². The third-order valence-corrected chi connectivity index (χ3v) is 4.64. The molecular formula is C15H20O4. The number of ether oxygens (including phenoxy) is 2. The molecule has 2 aliphatic heterocycles. The first-order valence-corrected chi connectivity index (χ1v) is 6.91. The van der Waals surface area contributed by atoms with Gasteiger partial charge in [0.1, 0.15) is 12.2 Å². The van der Waals surface area contributed by atoms with Crippen LogP contribution in [0, 0.1) is 5.92 Å². The molecule has 3 aliphatic rings. The topological polar surface area (TPSA) is 59.1 Å². The fourth-order valence-electron chi connectivity index (χ4n) is 3.26. The molecule has 19 heavy (non-hydrogen) atoms. The summed E-state index contributed by atoms with van der Waals surface area (Å²) in [5.74, 6) is -0.269. The minimum Gasteiger partial charge on any atom is -0.455 e. The molecule has 2 unspecified atom stereocenters. The van der Waals surface area contributed by atoms with E-state index in [-0.39, 0.29) is 36.3 Å². The number of esters is 1. The summed E-state index contributed by atoms with van der Waals surface area (Å²) >= 11 is 0. The first kappa shape index (κ1) is 12.9. The first-order valence-electron chi connectivity index (χ1n) is 6.91. The van der Waals surface area contributed by atoms with Gasteiger partial charge in [0.25, 0.3) is 0 Å². The van der Waals surface area contributed by atoms with Crippen LogP contribution in [0.4, 0.5) is 0 Å². The number of hydrogen-bond acceptors (Lipinski definition) is 4. The van der Waals surface area contributed by atoms with Gasteiger partial charge >= 0.3 is 5.97 Å². The fourth-order valence-corrected chi connectivity index (χ4v) is 3.26. The Kier molecular flexibility index (Phi) is 3.02. The van der Waals surface area contributed by atoms with Gasteiger partial charge in [-0.3, -0.25) is 0 Å². The minimum absolute atomic E-state index is 0.00442. The van der Waals surface area contributed by atoms with Crippen LogP contribution in [0.3, 0.4) is 0 Å². The van der Waals surface area contributed by atoms with E-state index in [4.69, 9.17) is 9.47 Å². The molecule has 2 fully saturated rings. The summed E-state index contributed by atoms with van der Waals surface area (Å²) in [6.07, 6.45) is 5.29. The van der Waals surface area contributed by atoms with E-state index in [9.17, 15) is 9.90 Å². The predicted octanol–water partition coefficient (Wildman–Crippen LogP) is 1.73. The van der Waals surface area contributed by atoms with Crippen LogP contribution >= 0.6 is 0 Å². The lowest BCUT2D eigenvalue weighted by atomic mass is 9.84. The van der Waals surface area contributed by atoms with Crippen LogP contribution < -0.4 is 0 Å². The highest BCUT2D eigenvalue weighted by atomic mass is 16.6. The Bertz CT molecular complexity index is 453. The largest absolute Gasteiger partial charge is 0.455 e. The molecule has 104 valence electrons. The second-order valence-electron chi connectivity index (χ2n) is 5.95. The van der Waals surface area contributed by atoms with Gasteiger partial charge in [0.2, 0.25) is 0 Å². The van der Waals surface area contributed by atoms with Crippen molar-refractivity contribution < 1.29 is 19.4 Å². The highest BCUT2D eigenvalue weighted by Gasteiger charge is 2.61. The third-order valence-electron chi connectivity index (χ3n) is 4.64. The lowest BCUT2D eigenvalue weighted by Crippen LogP contribution is -2.29.